The Morgan fingerprint density at radius 2 is 1.60 bits per heavy atom. The standard InChI is InChI=1S/C12H7ClOS/c13-7-1-3-9-10-4-2-8(14)6-12(10)15-11(9)5-7/h1-6,14H. The summed E-state index contributed by atoms with van der Waals surface area (Å²) < 4.78 is 2.25. The lowest BCUT2D eigenvalue weighted by Gasteiger charge is -1.92. The summed E-state index contributed by atoms with van der Waals surface area (Å²) in [5, 5.41) is 12.5. The summed E-state index contributed by atoms with van der Waals surface area (Å²) in [6.07, 6.45) is 0. The molecular weight excluding hydrogens is 228 g/mol. The van der Waals surface area contributed by atoms with Crippen molar-refractivity contribution in [1.29, 1.82) is 0 Å². The fourth-order valence-electron chi connectivity index (χ4n) is 1.74. The molecule has 1 N–H and O–H groups in total. The van der Waals surface area contributed by atoms with E-state index in [1.807, 2.05) is 24.3 Å². The Balaban J connectivity index is 2.51. The molecule has 0 bridgehead atoms. The monoisotopic (exact) mass is 234 g/mol. The number of benzene rings is 2. The van der Waals surface area contributed by atoms with E-state index in [1.54, 1.807) is 23.5 Å². The van der Waals surface area contributed by atoms with Crippen LogP contribution in [0.3, 0.4) is 0 Å². The molecule has 0 fully saturated rings. The van der Waals surface area contributed by atoms with Crippen LogP contribution < -0.4 is 0 Å². The summed E-state index contributed by atoms with van der Waals surface area (Å²) in [6, 6.07) is 11.3. The van der Waals surface area contributed by atoms with Crippen molar-refractivity contribution in [3.8, 4) is 5.75 Å². The molecule has 0 atom stereocenters. The lowest BCUT2D eigenvalue weighted by atomic mass is 10.1. The fourth-order valence-corrected chi connectivity index (χ4v) is 3.15. The molecule has 0 spiro atoms. The van der Waals surface area contributed by atoms with Gasteiger partial charge in [0.2, 0.25) is 0 Å². The van der Waals surface area contributed by atoms with Crippen molar-refractivity contribution in [3.63, 3.8) is 0 Å². The van der Waals surface area contributed by atoms with Crippen LogP contribution in [0.15, 0.2) is 36.4 Å². The highest BCUT2D eigenvalue weighted by Gasteiger charge is 2.05. The normalized spacial score (nSPS) is 11.3. The van der Waals surface area contributed by atoms with Crippen LogP contribution in [0.2, 0.25) is 5.02 Å². The van der Waals surface area contributed by atoms with Gasteiger partial charge in [0.15, 0.2) is 0 Å². The smallest absolute Gasteiger partial charge is 0.117 e. The van der Waals surface area contributed by atoms with Gasteiger partial charge in [-0.3, -0.25) is 0 Å². The molecule has 1 nitrogen and oxygen atoms in total. The van der Waals surface area contributed by atoms with Crippen LogP contribution in [0.1, 0.15) is 0 Å². The number of rotatable bonds is 0. The zero-order valence-corrected chi connectivity index (χ0v) is 9.27. The molecule has 0 radical (unpaired) electrons. The molecule has 0 unspecified atom stereocenters. The van der Waals surface area contributed by atoms with Gasteiger partial charge >= 0.3 is 0 Å². The van der Waals surface area contributed by atoms with Crippen molar-refractivity contribution in [2.24, 2.45) is 0 Å². The maximum Gasteiger partial charge on any atom is 0.117 e. The van der Waals surface area contributed by atoms with Crippen LogP contribution in [0, 0.1) is 0 Å². The van der Waals surface area contributed by atoms with Gasteiger partial charge < -0.3 is 5.11 Å². The molecule has 1 aromatic heterocycles. The minimum absolute atomic E-state index is 0.306. The van der Waals surface area contributed by atoms with Crippen molar-refractivity contribution in [3.05, 3.63) is 41.4 Å². The molecule has 0 saturated carbocycles. The number of phenols is 1. The Morgan fingerprint density at radius 3 is 2.40 bits per heavy atom. The SMILES string of the molecule is Oc1ccc2c(c1)sc1cc(Cl)ccc12. The molecule has 3 aromatic rings. The second kappa shape index (κ2) is 3.12. The van der Waals surface area contributed by atoms with Gasteiger partial charge in [0.05, 0.1) is 0 Å². The number of thiophene rings is 1. The number of aromatic hydroxyl groups is 1. The van der Waals surface area contributed by atoms with Gasteiger partial charge in [-0.2, -0.15) is 0 Å². The highest BCUT2D eigenvalue weighted by molar-refractivity contribution is 7.25. The van der Waals surface area contributed by atoms with Gasteiger partial charge in [-0.25, -0.2) is 0 Å². The van der Waals surface area contributed by atoms with Gasteiger partial charge in [-0.1, -0.05) is 17.7 Å². The van der Waals surface area contributed by atoms with Gasteiger partial charge in [-0.15, -0.1) is 11.3 Å². The van der Waals surface area contributed by atoms with E-state index in [0.29, 0.717) is 5.75 Å². The highest BCUT2D eigenvalue weighted by Crippen LogP contribution is 2.36. The zero-order valence-electron chi connectivity index (χ0n) is 7.70. The van der Waals surface area contributed by atoms with Gasteiger partial charge in [0, 0.05) is 25.2 Å². The Hall–Kier alpha value is -1.25. The average molecular weight is 235 g/mol. The Bertz CT molecular complexity index is 601. The quantitative estimate of drug-likeness (QED) is 0.611. The van der Waals surface area contributed by atoms with E-state index in [-0.39, 0.29) is 0 Å². The molecule has 3 heteroatoms. The molecule has 2 aromatic carbocycles. The number of hydrogen-bond acceptors (Lipinski definition) is 2. The molecule has 0 aliphatic heterocycles. The van der Waals surface area contributed by atoms with E-state index in [9.17, 15) is 5.11 Å². The number of phenolic OH excluding ortho intramolecular Hbond substituents is 1. The third-order valence-corrected chi connectivity index (χ3v) is 3.77. The van der Waals surface area contributed by atoms with Gasteiger partial charge in [0.1, 0.15) is 5.75 Å². The van der Waals surface area contributed by atoms with Crippen molar-refractivity contribution in [2.45, 2.75) is 0 Å². The average Bonchev–Trinajstić information content (AvgIpc) is 2.53. The molecular formula is C12H7ClOS. The van der Waals surface area contributed by atoms with E-state index in [4.69, 9.17) is 11.6 Å². The van der Waals surface area contributed by atoms with E-state index in [0.717, 1.165) is 14.4 Å². The van der Waals surface area contributed by atoms with Crippen molar-refractivity contribution in [1.82, 2.24) is 0 Å². The van der Waals surface area contributed by atoms with E-state index in [2.05, 4.69) is 0 Å². The lowest BCUT2D eigenvalue weighted by molar-refractivity contribution is 0.476. The van der Waals surface area contributed by atoms with Crippen molar-refractivity contribution >= 4 is 43.1 Å². The van der Waals surface area contributed by atoms with E-state index in [1.165, 1.54) is 10.8 Å². The minimum Gasteiger partial charge on any atom is -0.508 e. The highest BCUT2D eigenvalue weighted by atomic mass is 35.5. The fraction of sp³-hybridized carbons (Fsp3) is 0. The van der Waals surface area contributed by atoms with Crippen LogP contribution >= 0.6 is 22.9 Å². The zero-order chi connectivity index (χ0) is 10.4. The predicted molar refractivity (Wildman–Crippen MR) is 66.0 cm³/mol. The van der Waals surface area contributed by atoms with Gasteiger partial charge in [0.25, 0.3) is 0 Å². The van der Waals surface area contributed by atoms with Crippen LogP contribution in [0.4, 0.5) is 0 Å². The molecule has 0 saturated heterocycles. The summed E-state index contributed by atoms with van der Waals surface area (Å²) in [6.45, 7) is 0. The van der Waals surface area contributed by atoms with Crippen LogP contribution in [-0.2, 0) is 0 Å². The molecule has 0 amide bonds. The summed E-state index contributed by atoms with van der Waals surface area (Å²) in [5.74, 6) is 0.306. The molecule has 0 aliphatic rings. The Kier molecular flexibility index (Phi) is 1.87. The molecule has 0 aliphatic carbocycles. The summed E-state index contributed by atoms with van der Waals surface area (Å²) in [4.78, 5) is 0. The largest absolute Gasteiger partial charge is 0.508 e. The summed E-state index contributed by atoms with van der Waals surface area (Å²) in [5.41, 5.74) is 0. The molecule has 74 valence electrons. The summed E-state index contributed by atoms with van der Waals surface area (Å²) >= 11 is 7.58. The minimum atomic E-state index is 0.306. The van der Waals surface area contributed by atoms with Crippen LogP contribution in [-0.4, -0.2) is 5.11 Å². The first kappa shape index (κ1) is 9.01. The molecule has 1 heterocycles. The number of hydrogen-bond donors (Lipinski definition) is 1. The first-order valence-electron chi connectivity index (χ1n) is 4.55. The first-order valence-corrected chi connectivity index (χ1v) is 5.74. The maximum atomic E-state index is 9.39. The Labute approximate surface area is 95.5 Å². The lowest BCUT2D eigenvalue weighted by Crippen LogP contribution is -1.66. The molecule has 3 rings (SSSR count). The predicted octanol–water partition coefficient (Wildman–Crippen LogP) is 4.41. The molecule has 15 heavy (non-hydrogen) atoms. The number of halogens is 1. The maximum absolute atomic E-state index is 9.39. The third-order valence-electron chi connectivity index (χ3n) is 2.42. The van der Waals surface area contributed by atoms with Crippen LogP contribution in [0.25, 0.3) is 20.2 Å². The first-order chi connectivity index (χ1) is 7.24. The second-order valence-electron chi connectivity index (χ2n) is 3.42. The van der Waals surface area contributed by atoms with Crippen LogP contribution in [0.5, 0.6) is 5.75 Å². The summed E-state index contributed by atoms with van der Waals surface area (Å²) in [7, 11) is 0. The van der Waals surface area contributed by atoms with Crippen molar-refractivity contribution < 1.29 is 5.11 Å². The Morgan fingerprint density at radius 1 is 0.933 bits per heavy atom. The van der Waals surface area contributed by atoms with E-state index < -0.39 is 0 Å². The van der Waals surface area contributed by atoms with E-state index >= 15 is 0 Å². The van der Waals surface area contributed by atoms with Crippen molar-refractivity contribution in [2.75, 3.05) is 0 Å². The number of fused-ring (bicyclic) bond motifs is 3. The second-order valence-corrected chi connectivity index (χ2v) is 4.94. The topological polar surface area (TPSA) is 20.2 Å². The van der Waals surface area contributed by atoms with Gasteiger partial charge in [-0.05, 0) is 30.3 Å². The third kappa shape index (κ3) is 1.37.